The number of anilines is 1. The lowest BCUT2D eigenvalue weighted by atomic mass is 10.1. The van der Waals surface area contributed by atoms with Gasteiger partial charge in [0.25, 0.3) is 10.0 Å². The van der Waals surface area contributed by atoms with Crippen LogP contribution in [0.15, 0.2) is 83.8 Å². The molecule has 9 heteroatoms. The van der Waals surface area contributed by atoms with E-state index in [1.807, 2.05) is 13.8 Å². The van der Waals surface area contributed by atoms with Crippen LogP contribution >= 0.6 is 11.6 Å². The molecule has 0 saturated carbocycles. The molecule has 0 aliphatic carbocycles. The van der Waals surface area contributed by atoms with Gasteiger partial charge >= 0.3 is 0 Å². The van der Waals surface area contributed by atoms with Crippen molar-refractivity contribution in [1.82, 2.24) is 10.2 Å². The third kappa shape index (κ3) is 7.33. The highest BCUT2D eigenvalue weighted by molar-refractivity contribution is 7.92. The Morgan fingerprint density at radius 2 is 1.57 bits per heavy atom. The van der Waals surface area contributed by atoms with Crippen molar-refractivity contribution in [3.63, 3.8) is 0 Å². The van der Waals surface area contributed by atoms with Crippen molar-refractivity contribution in [2.45, 2.75) is 44.7 Å². The number of nitrogens with one attached hydrogen (secondary N) is 1. The average molecular weight is 542 g/mol. The van der Waals surface area contributed by atoms with E-state index in [0.29, 0.717) is 17.3 Å². The number of benzene rings is 3. The summed E-state index contributed by atoms with van der Waals surface area (Å²) in [6.45, 7) is 5.60. The number of carbonyl (C=O) groups is 2. The minimum absolute atomic E-state index is 0.0707. The zero-order chi connectivity index (χ0) is 27.0. The maximum Gasteiger partial charge on any atom is 0.264 e. The van der Waals surface area contributed by atoms with Crippen LogP contribution in [0.4, 0.5) is 5.69 Å². The first-order valence-electron chi connectivity index (χ1n) is 12.1. The summed E-state index contributed by atoms with van der Waals surface area (Å²) in [6.07, 6.45) is 0.750. The predicted molar refractivity (Wildman–Crippen MR) is 147 cm³/mol. The van der Waals surface area contributed by atoms with E-state index in [1.165, 1.54) is 17.0 Å². The fourth-order valence-electron chi connectivity index (χ4n) is 3.72. The second-order valence-electron chi connectivity index (χ2n) is 8.78. The Balaban J connectivity index is 1.99. The maximum atomic E-state index is 13.8. The van der Waals surface area contributed by atoms with E-state index in [4.69, 9.17) is 11.6 Å². The third-order valence-electron chi connectivity index (χ3n) is 5.91. The highest BCUT2D eigenvalue weighted by Gasteiger charge is 2.32. The monoisotopic (exact) mass is 541 g/mol. The van der Waals surface area contributed by atoms with E-state index >= 15 is 0 Å². The molecule has 0 aromatic heterocycles. The number of hydrogen-bond donors (Lipinski definition) is 1. The summed E-state index contributed by atoms with van der Waals surface area (Å²) >= 11 is 6.02. The van der Waals surface area contributed by atoms with Crippen LogP contribution in [0.2, 0.25) is 5.02 Å². The number of sulfonamides is 1. The quantitative estimate of drug-likeness (QED) is 0.378. The molecule has 0 heterocycles. The first kappa shape index (κ1) is 28.2. The Morgan fingerprint density at radius 3 is 2.16 bits per heavy atom. The van der Waals surface area contributed by atoms with Crippen molar-refractivity contribution in [3.05, 3.63) is 95.0 Å². The number of aryl methyl sites for hydroxylation is 1. The van der Waals surface area contributed by atoms with Gasteiger partial charge in [0.15, 0.2) is 0 Å². The summed E-state index contributed by atoms with van der Waals surface area (Å²) < 4.78 is 28.4. The van der Waals surface area contributed by atoms with Gasteiger partial charge in [0.2, 0.25) is 11.8 Å². The number of halogens is 1. The molecular weight excluding hydrogens is 510 g/mol. The Morgan fingerprint density at radius 1 is 0.946 bits per heavy atom. The third-order valence-corrected chi connectivity index (χ3v) is 7.95. The van der Waals surface area contributed by atoms with E-state index in [0.717, 1.165) is 21.9 Å². The average Bonchev–Trinajstić information content (AvgIpc) is 2.90. The van der Waals surface area contributed by atoms with E-state index in [-0.39, 0.29) is 17.3 Å². The highest BCUT2D eigenvalue weighted by Crippen LogP contribution is 2.25. The molecule has 0 saturated heterocycles. The minimum atomic E-state index is -4.07. The van der Waals surface area contributed by atoms with Gasteiger partial charge in [-0.15, -0.1) is 0 Å². The number of amides is 2. The van der Waals surface area contributed by atoms with E-state index in [9.17, 15) is 18.0 Å². The van der Waals surface area contributed by atoms with Crippen LogP contribution in [0.3, 0.4) is 0 Å². The number of nitrogens with zero attached hydrogens (tertiary/aromatic N) is 2. The largest absolute Gasteiger partial charge is 0.354 e. The topological polar surface area (TPSA) is 86.8 Å². The molecule has 37 heavy (non-hydrogen) atoms. The Bertz CT molecular complexity index is 1300. The Labute approximate surface area is 224 Å². The molecule has 0 aliphatic heterocycles. The molecule has 1 atom stereocenters. The summed E-state index contributed by atoms with van der Waals surface area (Å²) in [6, 6.07) is 21.0. The molecule has 7 nitrogen and oxygen atoms in total. The lowest BCUT2D eigenvalue weighted by molar-refractivity contribution is -0.139. The molecule has 3 rings (SSSR count). The predicted octanol–water partition coefficient (Wildman–Crippen LogP) is 4.79. The molecule has 3 aromatic carbocycles. The molecule has 3 aromatic rings. The lowest BCUT2D eigenvalue weighted by Crippen LogP contribution is -2.51. The van der Waals surface area contributed by atoms with Gasteiger partial charge in [-0.2, -0.15) is 0 Å². The van der Waals surface area contributed by atoms with Gasteiger partial charge in [-0.05, 0) is 62.2 Å². The summed E-state index contributed by atoms with van der Waals surface area (Å²) in [4.78, 5) is 28.1. The summed E-state index contributed by atoms with van der Waals surface area (Å²) in [7, 11) is -4.07. The molecule has 1 N–H and O–H groups in total. The zero-order valence-electron chi connectivity index (χ0n) is 21.2. The molecule has 0 aliphatic rings. The molecular formula is C28H32ClN3O4S. The highest BCUT2D eigenvalue weighted by atomic mass is 35.5. The lowest BCUT2D eigenvalue weighted by Gasteiger charge is -2.32. The molecule has 0 bridgehead atoms. The van der Waals surface area contributed by atoms with Gasteiger partial charge in [-0.3, -0.25) is 13.9 Å². The molecule has 2 amide bonds. The van der Waals surface area contributed by atoms with Gasteiger partial charge in [0.05, 0.1) is 10.6 Å². The number of hydrogen-bond acceptors (Lipinski definition) is 4. The second-order valence-corrected chi connectivity index (χ2v) is 11.1. The summed E-state index contributed by atoms with van der Waals surface area (Å²) in [5, 5.41) is 3.37. The van der Waals surface area contributed by atoms with Crippen LogP contribution in [0, 0.1) is 6.92 Å². The van der Waals surface area contributed by atoms with Crippen molar-refractivity contribution in [1.29, 1.82) is 0 Å². The molecule has 0 radical (unpaired) electrons. The Kier molecular flexibility index (Phi) is 9.72. The molecule has 0 spiro atoms. The molecule has 0 unspecified atom stereocenters. The maximum absolute atomic E-state index is 13.8. The van der Waals surface area contributed by atoms with Crippen LogP contribution in [0.1, 0.15) is 31.4 Å². The molecule has 0 fully saturated rings. The van der Waals surface area contributed by atoms with Crippen molar-refractivity contribution >= 4 is 39.1 Å². The van der Waals surface area contributed by atoms with Gasteiger partial charge in [-0.1, -0.05) is 66.6 Å². The zero-order valence-corrected chi connectivity index (χ0v) is 22.8. The fourth-order valence-corrected chi connectivity index (χ4v) is 5.29. The minimum Gasteiger partial charge on any atom is -0.354 e. The smallest absolute Gasteiger partial charge is 0.264 e. The first-order valence-corrected chi connectivity index (χ1v) is 13.9. The normalized spacial score (nSPS) is 12.0. The van der Waals surface area contributed by atoms with Crippen molar-refractivity contribution in [2.75, 3.05) is 17.4 Å². The van der Waals surface area contributed by atoms with Crippen molar-refractivity contribution < 1.29 is 18.0 Å². The van der Waals surface area contributed by atoms with Crippen molar-refractivity contribution in [2.24, 2.45) is 0 Å². The number of rotatable bonds is 11. The fraction of sp³-hybridized carbons (Fsp3) is 0.286. The first-order chi connectivity index (χ1) is 17.6. The van der Waals surface area contributed by atoms with Crippen molar-refractivity contribution in [3.8, 4) is 0 Å². The van der Waals surface area contributed by atoms with Crippen LogP contribution in [-0.2, 0) is 26.2 Å². The van der Waals surface area contributed by atoms with Gasteiger partial charge in [0, 0.05) is 18.1 Å². The van der Waals surface area contributed by atoms with E-state index in [1.54, 1.807) is 73.7 Å². The van der Waals surface area contributed by atoms with Crippen LogP contribution in [-0.4, -0.2) is 44.3 Å². The standard InChI is InChI=1S/C28H32ClN3O4S/c1-4-18-30-28(34)22(3)31(19-23-12-14-24(29)15-13-23)27(33)20-32(25-16-10-21(2)11-17-25)37(35,36)26-8-6-5-7-9-26/h5-17,22H,4,18-20H2,1-3H3,(H,30,34)/t22-/m1/s1. The summed E-state index contributed by atoms with van der Waals surface area (Å²) in [5.74, 6) is -0.814. The SMILES string of the molecule is CCCNC(=O)[C@@H](C)N(Cc1ccc(Cl)cc1)C(=O)CN(c1ccc(C)cc1)S(=O)(=O)c1ccccc1. The Hall–Kier alpha value is -3.36. The molecule has 196 valence electrons. The summed E-state index contributed by atoms with van der Waals surface area (Å²) in [5.41, 5.74) is 2.08. The van der Waals surface area contributed by atoms with Gasteiger partial charge in [-0.25, -0.2) is 8.42 Å². The van der Waals surface area contributed by atoms with Gasteiger partial charge in [0.1, 0.15) is 12.6 Å². The number of carbonyl (C=O) groups excluding carboxylic acids is 2. The van der Waals surface area contributed by atoms with E-state index < -0.39 is 28.5 Å². The van der Waals surface area contributed by atoms with Crippen LogP contribution in [0.25, 0.3) is 0 Å². The second kappa shape index (κ2) is 12.7. The van der Waals surface area contributed by atoms with Gasteiger partial charge < -0.3 is 10.2 Å². The van der Waals surface area contributed by atoms with E-state index in [2.05, 4.69) is 5.32 Å². The van der Waals surface area contributed by atoms with Crippen LogP contribution in [0.5, 0.6) is 0 Å². The van der Waals surface area contributed by atoms with Crippen LogP contribution < -0.4 is 9.62 Å².